The summed E-state index contributed by atoms with van der Waals surface area (Å²) in [6, 6.07) is 7.97. The largest absolute Gasteiger partial charge is 0.361 e. The number of thiazole rings is 1. The fourth-order valence-corrected chi connectivity index (χ4v) is 3.11. The average Bonchev–Trinajstić information content (AvgIpc) is 2.81. The molecule has 0 aliphatic rings. The molecule has 7 heteroatoms. The molecule has 0 aliphatic heterocycles. The third-order valence-electron chi connectivity index (χ3n) is 2.63. The van der Waals surface area contributed by atoms with E-state index in [0.717, 1.165) is 21.8 Å². The molecular weight excluding hydrogens is 282 g/mol. The number of nitrogens with zero attached hydrogens (tertiary/aromatic N) is 1. The lowest BCUT2D eigenvalue weighted by Gasteiger charge is -2.04. The van der Waals surface area contributed by atoms with Crippen LogP contribution in [0.2, 0.25) is 0 Å². The third-order valence-corrected chi connectivity index (χ3v) is 5.02. The van der Waals surface area contributed by atoms with Crippen LogP contribution in [-0.2, 0) is 10.0 Å². The van der Waals surface area contributed by atoms with Gasteiger partial charge in [0.25, 0.3) is 0 Å². The molecule has 2 rings (SSSR count). The lowest BCUT2D eigenvalue weighted by atomic mass is 10.3. The van der Waals surface area contributed by atoms with E-state index in [9.17, 15) is 8.42 Å². The second-order valence-electron chi connectivity index (χ2n) is 4.06. The minimum absolute atomic E-state index is 0.123. The van der Waals surface area contributed by atoms with Crippen molar-refractivity contribution in [2.75, 3.05) is 24.2 Å². The van der Waals surface area contributed by atoms with E-state index < -0.39 is 10.0 Å². The van der Waals surface area contributed by atoms with Crippen LogP contribution in [0.3, 0.4) is 0 Å². The van der Waals surface area contributed by atoms with E-state index in [0.29, 0.717) is 13.1 Å². The maximum absolute atomic E-state index is 11.2. The highest BCUT2D eigenvalue weighted by atomic mass is 32.2. The quantitative estimate of drug-likeness (QED) is 0.768. The van der Waals surface area contributed by atoms with Crippen molar-refractivity contribution in [2.24, 2.45) is 0 Å². The lowest BCUT2D eigenvalue weighted by Crippen LogP contribution is -2.27. The SMILES string of the molecule is CCS(=O)(=O)NCCCNc1nc2ccccc2s1. The first-order valence-corrected chi connectivity index (χ1v) is 8.64. The number of anilines is 1. The van der Waals surface area contributed by atoms with Crippen LogP contribution in [0.4, 0.5) is 5.13 Å². The molecule has 19 heavy (non-hydrogen) atoms. The Morgan fingerprint density at radius 1 is 1.26 bits per heavy atom. The molecule has 2 aromatic rings. The van der Waals surface area contributed by atoms with Gasteiger partial charge >= 0.3 is 0 Å². The van der Waals surface area contributed by atoms with E-state index in [1.165, 1.54) is 0 Å². The molecule has 0 bridgehead atoms. The van der Waals surface area contributed by atoms with Gasteiger partial charge in [-0.15, -0.1) is 0 Å². The van der Waals surface area contributed by atoms with Crippen molar-refractivity contribution >= 4 is 36.7 Å². The topological polar surface area (TPSA) is 71.1 Å². The molecule has 0 radical (unpaired) electrons. The number of nitrogens with one attached hydrogen (secondary N) is 2. The molecule has 0 aliphatic carbocycles. The van der Waals surface area contributed by atoms with Crippen molar-refractivity contribution < 1.29 is 8.42 Å². The first-order chi connectivity index (χ1) is 9.11. The van der Waals surface area contributed by atoms with Crippen LogP contribution in [-0.4, -0.2) is 32.2 Å². The lowest BCUT2D eigenvalue weighted by molar-refractivity contribution is 0.581. The molecule has 1 aromatic carbocycles. The minimum atomic E-state index is -3.08. The summed E-state index contributed by atoms with van der Waals surface area (Å²) in [5.74, 6) is 0.123. The summed E-state index contributed by atoms with van der Waals surface area (Å²) in [6.07, 6.45) is 0.731. The molecule has 1 heterocycles. The molecule has 0 saturated carbocycles. The molecular formula is C12H17N3O2S2. The molecule has 0 fully saturated rings. The van der Waals surface area contributed by atoms with Gasteiger partial charge in [0.05, 0.1) is 16.0 Å². The zero-order valence-corrected chi connectivity index (χ0v) is 12.4. The zero-order chi connectivity index (χ0) is 13.7. The van der Waals surface area contributed by atoms with Crippen molar-refractivity contribution in [3.63, 3.8) is 0 Å². The van der Waals surface area contributed by atoms with Gasteiger partial charge in [-0.25, -0.2) is 18.1 Å². The van der Waals surface area contributed by atoms with E-state index in [4.69, 9.17) is 0 Å². The predicted octanol–water partition coefficient (Wildman–Crippen LogP) is 2.04. The van der Waals surface area contributed by atoms with Crippen molar-refractivity contribution in [1.29, 1.82) is 0 Å². The van der Waals surface area contributed by atoms with Gasteiger partial charge in [-0.05, 0) is 25.5 Å². The molecule has 0 amide bonds. The maximum Gasteiger partial charge on any atom is 0.211 e. The normalized spacial score (nSPS) is 11.8. The summed E-state index contributed by atoms with van der Waals surface area (Å²) in [5.41, 5.74) is 0.988. The van der Waals surface area contributed by atoms with Crippen molar-refractivity contribution in [3.05, 3.63) is 24.3 Å². The highest BCUT2D eigenvalue weighted by molar-refractivity contribution is 7.89. The summed E-state index contributed by atoms with van der Waals surface area (Å²) in [7, 11) is -3.08. The summed E-state index contributed by atoms with van der Waals surface area (Å²) < 4.78 is 26.1. The molecule has 0 spiro atoms. The van der Waals surface area contributed by atoms with Gasteiger partial charge in [-0.3, -0.25) is 0 Å². The summed E-state index contributed by atoms with van der Waals surface area (Å²) in [4.78, 5) is 4.44. The van der Waals surface area contributed by atoms with Gasteiger partial charge in [0.15, 0.2) is 5.13 Å². The Morgan fingerprint density at radius 2 is 2.05 bits per heavy atom. The van der Waals surface area contributed by atoms with Crippen molar-refractivity contribution in [2.45, 2.75) is 13.3 Å². The Hall–Kier alpha value is -1.18. The maximum atomic E-state index is 11.2. The van der Waals surface area contributed by atoms with Crippen molar-refractivity contribution in [3.8, 4) is 0 Å². The van der Waals surface area contributed by atoms with E-state index in [2.05, 4.69) is 15.0 Å². The molecule has 0 saturated heterocycles. The van der Waals surface area contributed by atoms with Gasteiger partial charge in [0.1, 0.15) is 0 Å². The molecule has 5 nitrogen and oxygen atoms in total. The number of rotatable bonds is 7. The van der Waals surface area contributed by atoms with Gasteiger partial charge in [0, 0.05) is 13.1 Å². The Kier molecular flexibility index (Phi) is 4.73. The van der Waals surface area contributed by atoms with E-state index in [-0.39, 0.29) is 5.75 Å². The Balaban J connectivity index is 1.77. The molecule has 104 valence electrons. The smallest absolute Gasteiger partial charge is 0.211 e. The van der Waals surface area contributed by atoms with Crippen LogP contribution in [0, 0.1) is 0 Å². The van der Waals surface area contributed by atoms with Gasteiger partial charge < -0.3 is 5.32 Å². The highest BCUT2D eigenvalue weighted by Crippen LogP contribution is 2.25. The molecule has 0 unspecified atom stereocenters. The fraction of sp³-hybridized carbons (Fsp3) is 0.417. The number of fused-ring (bicyclic) bond motifs is 1. The standard InChI is InChI=1S/C12H17N3O2S2/c1-2-19(16,17)14-9-5-8-13-12-15-10-6-3-4-7-11(10)18-12/h3-4,6-7,14H,2,5,8-9H2,1H3,(H,13,15). The number of sulfonamides is 1. The first-order valence-electron chi connectivity index (χ1n) is 6.17. The van der Waals surface area contributed by atoms with E-state index in [1.807, 2.05) is 24.3 Å². The van der Waals surface area contributed by atoms with E-state index in [1.54, 1.807) is 18.3 Å². The van der Waals surface area contributed by atoms with Crippen LogP contribution in [0.15, 0.2) is 24.3 Å². The molecule has 2 N–H and O–H groups in total. The molecule has 1 aromatic heterocycles. The summed E-state index contributed by atoms with van der Waals surface area (Å²) in [5, 5.41) is 4.09. The summed E-state index contributed by atoms with van der Waals surface area (Å²) in [6.45, 7) is 2.78. The first kappa shape index (κ1) is 14.2. The zero-order valence-electron chi connectivity index (χ0n) is 10.7. The Bertz CT molecular complexity index is 604. The van der Waals surface area contributed by atoms with Gasteiger partial charge in [0.2, 0.25) is 10.0 Å². The number of benzene rings is 1. The average molecular weight is 299 g/mol. The summed E-state index contributed by atoms with van der Waals surface area (Å²) >= 11 is 1.60. The van der Waals surface area contributed by atoms with Gasteiger partial charge in [-0.1, -0.05) is 23.5 Å². The minimum Gasteiger partial charge on any atom is -0.361 e. The fourth-order valence-electron chi connectivity index (χ4n) is 1.56. The Morgan fingerprint density at radius 3 is 2.79 bits per heavy atom. The second-order valence-corrected chi connectivity index (χ2v) is 7.19. The van der Waals surface area contributed by atoms with Crippen LogP contribution in [0.1, 0.15) is 13.3 Å². The third kappa shape index (κ3) is 4.15. The number of para-hydroxylation sites is 1. The number of hydrogen-bond acceptors (Lipinski definition) is 5. The number of hydrogen-bond donors (Lipinski definition) is 2. The number of aromatic nitrogens is 1. The Labute approximate surface area is 117 Å². The van der Waals surface area contributed by atoms with Gasteiger partial charge in [-0.2, -0.15) is 0 Å². The van der Waals surface area contributed by atoms with Crippen LogP contribution < -0.4 is 10.0 Å². The van der Waals surface area contributed by atoms with Crippen LogP contribution in [0.5, 0.6) is 0 Å². The van der Waals surface area contributed by atoms with Crippen LogP contribution in [0.25, 0.3) is 10.2 Å². The van der Waals surface area contributed by atoms with Crippen LogP contribution >= 0.6 is 11.3 Å². The second kappa shape index (κ2) is 6.31. The molecule has 0 atom stereocenters. The van der Waals surface area contributed by atoms with Crippen molar-refractivity contribution in [1.82, 2.24) is 9.71 Å². The van der Waals surface area contributed by atoms with E-state index >= 15 is 0 Å². The highest BCUT2D eigenvalue weighted by Gasteiger charge is 2.05. The monoisotopic (exact) mass is 299 g/mol. The predicted molar refractivity (Wildman–Crippen MR) is 80.2 cm³/mol.